The third kappa shape index (κ3) is 3.70. The second kappa shape index (κ2) is 6.01. The Morgan fingerprint density at radius 1 is 1.41 bits per heavy atom. The second-order valence-electron chi connectivity index (χ2n) is 4.64. The Labute approximate surface area is 107 Å². The highest BCUT2D eigenvalue weighted by Gasteiger charge is 2.14. The van der Waals surface area contributed by atoms with Crippen molar-refractivity contribution in [1.29, 1.82) is 0 Å². The monoisotopic (exact) mass is 249 g/mol. The maximum absolute atomic E-state index is 11.7. The molecule has 3 heteroatoms. The van der Waals surface area contributed by atoms with Crippen molar-refractivity contribution in [3.63, 3.8) is 0 Å². The van der Waals surface area contributed by atoms with Crippen molar-refractivity contribution in [1.82, 2.24) is 5.32 Å². The van der Waals surface area contributed by atoms with Crippen LogP contribution < -0.4 is 5.32 Å². The third-order valence-corrected chi connectivity index (χ3v) is 4.22. The van der Waals surface area contributed by atoms with E-state index in [1.807, 2.05) is 11.5 Å². The van der Waals surface area contributed by atoms with Gasteiger partial charge in [0.25, 0.3) is 0 Å². The summed E-state index contributed by atoms with van der Waals surface area (Å²) in [5.41, 5.74) is 1.23. The summed E-state index contributed by atoms with van der Waals surface area (Å²) in [6, 6.07) is 2.47. The Bertz CT molecular complexity index is 402. The van der Waals surface area contributed by atoms with Crippen molar-refractivity contribution in [2.45, 2.75) is 45.1 Å². The summed E-state index contributed by atoms with van der Waals surface area (Å²) < 4.78 is 0. The molecule has 0 radical (unpaired) electrons. The van der Waals surface area contributed by atoms with Crippen molar-refractivity contribution < 1.29 is 4.79 Å². The molecule has 17 heavy (non-hydrogen) atoms. The van der Waals surface area contributed by atoms with Crippen molar-refractivity contribution in [3.8, 4) is 0 Å². The predicted octanol–water partition coefficient (Wildman–Crippen LogP) is 3.52. The number of thiophene rings is 1. The van der Waals surface area contributed by atoms with Crippen LogP contribution in [0, 0.1) is 6.92 Å². The number of nitrogens with one attached hydrogen (secondary N) is 1. The molecule has 1 heterocycles. The van der Waals surface area contributed by atoms with Crippen LogP contribution >= 0.6 is 11.3 Å². The molecule has 1 saturated carbocycles. The van der Waals surface area contributed by atoms with Crippen molar-refractivity contribution in [3.05, 3.63) is 28.0 Å². The molecule has 1 aliphatic carbocycles. The fourth-order valence-corrected chi connectivity index (χ4v) is 3.02. The van der Waals surface area contributed by atoms with Gasteiger partial charge in [0, 0.05) is 17.0 Å². The summed E-state index contributed by atoms with van der Waals surface area (Å²) in [4.78, 5) is 12.9. The average Bonchev–Trinajstić information content (AvgIpc) is 2.74. The van der Waals surface area contributed by atoms with Gasteiger partial charge in [-0.1, -0.05) is 19.3 Å². The highest BCUT2D eigenvalue weighted by Crippen LogP contribution is 2.18. The normalized spacial score (nSPS) is 17.5. The molecular formula is C14H19NOS. The topological polar surface area (TPSA) is 29.1 Å². The molecule has 1 amide bonds. The van der Waals surface area contributed by atoms with Gasteiger partial charge >= 0.3 is 0 Å². The number of carbonyl (C=O) groups excluding carboxylic acids is 1. The van der Waals surface area contributed by atoms with E-state index >= 15 is 0 Å². The van der Waals surface area contributed by atoms with E-state index in [4.69, 9.17) is 0 Å². The zero-order valence-electron chi connectivity index (χ0n) is 10.2. The third-order valence-electron chi connectivity index (χ3n) is 3.24. The Morgan fingerprint density at radius 2 is 2.18 bits per heavy atom. The molecule has 0 saturated heterocycles. The van der Waals surface area contributed by atoms with Gasteiger partial charge < -0.3 is 5.32 Å². The maximum Gasteiger partial charge on any atom is 0.244 e. The van der Waals surface area contributed by atoms with Crippen molar-refractivity contribution in [2.24, 2.45) is 0 Å². The minimum absolute atomic E-state index is 0.0460. The molecule has 2 rings (SSSR count). The summed E-state index contributed by atoms with van der Waals surface area (Å²) in [5, 5.41) is 5.13. The smallest absolute Gasteiger partial charge is 0.244 e. The summed E-state index contributed by atoms with van der Waals surface area (Å²) in [6.07, 6.45) is 9.66. The molecule has 0 unspecified atom stereocenters. The van der Waals surface area contributed by atoms with Crippen LogP contribution in [-0.4, -0.2) is 11.9 Å². The standard InChI is InChI=1S/C14H19NOS/c1-11-9-10-17-13(11)7-8-14(16)15-12-5-3-2-4-6-12/h7-10,12H,2-6H2,1H3,(H,15,16)/b8-7+. The molecule has 1 N–H and O–H groups in total. The number of aryl methyl sites for hydroxylation is 1. The van der Waals surface area contributed by atoms with Gasteiger partial charge in [-0.05, 0) is 42.9 Å². The minimum atomic E-state index is 0.0460. The van der Waals surface area contributed by atoms with Crippen molar-refractivity contribution in [2.75, 3.05) is 0 Å². The largest absolute Gasteiger partial charge is 0.350 e. The highest BCUT2D eigenvalue weighted by atomic mass is 32.1. The first-order valence-electron chi connectivity index (χ1n) is 6.28. The van der Waals surface area contributed by atoms with E-state index in [2.05, 4.69) is 18.3 Å². The lowest BCUT2D eigenvalue weighted by molar-refractivity contribution is -0.117. The summed E-state index contributed by atoms with van der Waals surface area (Å²) in [5.74, 6) is 0.0460. The zero-order chi connectivity index (χ0) is 12.1. The summed E-state index contributed by atoms with van der Waals surface area (Å²) in [7, 11) is 0. The molecular weight excluding hydrogens is 230 g/mol. The van der Waals surface area contributed by atoms with Crippen LogP contribution in [0.15, 0.2) is 17.5 Å². The van der Waals surface area contributed by atoms with Crippen LogP contribution in [0.1, 0.15) is 42.5 Å². The SMILES string of the molecule is Cc1ccsc1/C=C/C(=O)NC1CCCCC1. The first-order valence-corrected chi connectivity index (χ1v) is 7.16. The lowest BCUT2D eigenvalue weighted by atomic mass is 9.95. The molecule has 0 atom stereocenters. The molecule has 0 aliphatic heterocycles. The van der Waals surface area contributed by atoms with Crippen LogP contribution in [-0.2, 0) is 4.79 Å². The lowest BCUT2D eigenvalue weighted by Crippen LogP contribution is -2.34. The fraction of sp³-hybridized carbons (Fsp3) is 0.500. The predicted molar refractivity (Wildman–Crippen MR) is 73.1 cm³/mol. The van der Waals surface area contributed by atoms with Gasteiger partial charge in [-0.25, -0.2) is 0 Å². The molecule has 1 aromatic rings. The van der Waals surface area contributed by atoms with Crippen LogP contribution in [0.25, 0.3) is 6.08 Å². The quantitative estimate of drug-likeness (QED) is 0.816. The van der Waals surface area contributed by atoms with Gasteiger partial charge in [0.2, 0.25) is 5.91 Å². The van der Waals surface area contributed by atoms with E-state index in [0.717, 1.165) is 12.8 Å². The van der Waals surface area contributed by atoms with E-state index in [9.17, 15) is 4.79 Å². The molecule has 1 aliphatic rings. The lowest BCUT2D eigenvalue weighted by Gasteiger charge is -2.21. The summed E-state index contributed by atoms with van der Waals surface area (Å²) >= 11 is 1.67. The number of hydrogen-bond donors (Lipinski definition) is 1. The van der Waals surface area contributed by atoms with Gasteiger partial charge in [-0.3, -0.25) is 4.79 Å². The second-order valence-corrected chi connectivity index (χ2v) is 5.59. The Morgan fingerprint density at radius 3 is 2.82 bits per heavy atom. The van der Waals surface area contributed by atoms with Gasteiger partial charge in [-0.15, -0.1) is 11.3 Å². The van der Waals surface area contributed by atoms with Crippen LogP contribution in [0.2, 0.25) is 0 Å². The van der Waals surface area contributed by atoms with Gasteiger partial charge in [-0.2, -0.15) is 0 Å². The molecule has 0 aromatic carbocycles. The average molecular weight is 249 g/mol. The highest BCUT2D eigenvalue weighted by molar-refractivity contribution is 7.11. The molecule has 2 nitrogen and oxygen atoms in total. The first-order chi connectivity index (χ1) is 8.25. The van der Waals surface area contributed by atoms with E-state index in [1.165, 1.54) is 29.7 Å². The fourth-order valence-electron chi connectivity index (χ4n) is 2.20. The molecule has 0 bridgehead atoms. The summed E-state index contributed by atoms with van der Waals surface area (Å²) in [6.45, 7) is 2.06. The van der Waals surface area contributed by atoms with Gasteiger partial charge in [0.05, 0.1) is 0 Å². The van der Waals surface area contributed by atoms with Crippen LogP contribution in [0.3, 0.4) is 0 Å². The minimum Gasteiger partial charge on any atom is -0.350 e. The Hall–Kier alpha value is -1.09. The van der Waals surface area contributed by atoms with E-state index in [0.29, 0.717) is 6.04 Å². The van der Waals surface area contributed by atoms with Gasteiger partial charge in [0.1, 0.15) is 0 Å². The van der Waals surface area contributed by atoms with Crippen LogP contribution in [0.4, 0.5) is 0 Å². The molecule has 1 aromatic heterocycles. The molecule has 1 fully saturated rings. The van der Waals surface area contributed by atoms with E-state index in [-0.39, 0.29) is 5.91 Å². The zero-order valence-corrected chi connectivity index (χ0v) is 11.1. The van der Waals surface area contributed by atoms with Gasteiger partial charge in [0.15, 0.2) is 0 Å². The molecule has 0 spiro atoms. The Kier molecular flexibility index (Phi) is 4.37. The molecule has 92 valence electrons. The van der Waals surface area contributed by atoms with Crippen LogP contribution in [0.5, 0.6) is 0 Å². The van der Waals surface area contributed by atoms with E-state index in [1.54, 1.807) is 17.4 Å². The number of hydrogen-bond acceptors (Lipinski definition) is 2. The Balaban J connectivity index is 1.84. The number of amides is 1. The first kappa shape index (κ1) is 12.4. The number of rotatable bonds is 3. The van der Waals surface area contributed by atoms with E-state index < -0.39 is 0 Å². The maximum atomic E-state index is 11.7. The number of carbonyl (C=O) groups is 1. The van der Waals surface area contributed by atoms with Crippen molar-refractivity contribution >= 4 is 23.3 Å².